The number of carbonyl (C=O) groups excluding carboxylic acids is 1. The molecule has 0 N–H and O–H groups in total. The molecule has 26 heavy (non-hydrogen) atoms. The molecule has 1 aromatic heterocycles. The quantitative estimate of drug-likeness (QED) is 0.773. The fourth-order valence-corrected chi connectivity index (χ4v) is 3.41. The number of amides is 1. The molecule has 0 radical (unpaired) electrons. The fourth-order valence-electron chi connectivity index (χ4n) is 2.89. The minimum absolute atomic E-state index is 0.0490. The maximum absolute atomic E-state index is 12.7. The Bertz CT molecular complexity index is 791. The molecule has 0 saturated carbocycles. The Morgan fingerprint density at radius 1 is 1.04 bits per heavy atom. The van der Waals surface area contributed by atoms with Gasteiger partial charge in [-0.05, 0) is 24.3 Å². The highest BCUT2D eigenvalue weighted by molar-refractivity contribution is 6.35. The SMILES string of the molecule is CC(C)(C)c1nccc(N2CCN(C(=O)c3cc(Cl)cc(Cl)c3)CC2)n1. The van der Waals surface area contributed by atoms with Crippen LogP contribution in [0.15, 0.2) is 30.5 Å². The Hall–Kier alpha value is -1.85. The number of aromatic nitrogens is 2. The van der Waals surface area contributed by atoms with Crippen molar-refractivity contribution >= 4 is 34.9 Å². The van der Waals surface area contributed by atoms with E-state index in [1.165, 1.54) is 0 Å². The third-order valence-corrected chi connectivity index (χ3v) is 4.75. The van der Waals surface area contributed by atoms with Crippen LogP contribution in [0, 0.1) is 0 Å². The van der Waals surface area contributed by atoms with Gasteiger partial charge in [-0.25, -0.2) is 9.97 Å². The van der Waals surface area contributed by atoms with Crippen molar-refractivity contribution in [2.75, 3.05) is 31.1 Å². The summed E-state index contributed by atoms with van der Waals surface area (Å²) in [5, 5.41) is 0.936. The second-order valence-corrected chi connectivity index (χ2v) is 8.30. The Balaban J connectivity index is 1.68. The topological polar surface area (TPSA) is 49.3 Å². The average molecular weight is 393 g/mol. The summed E-state index contributed by atoms with van der Waals surface area (Å²) in [6.07, 6.45) is 1.80. The van der Waals surface area contributed by atoms with Crippen molar-refractivity contribution in [1.82, 2.24) is 14.9 Å². The molecular formula is C19H22Cl2N4O. The number of benzene rings is 1. The summed E-state index contributed by atoms with van der Waals surface area (Å²) >= 11 is 12.0. The van der Waals surface area contributed by atoms with Gasteiger partial charge in [-0.3, -0.25) is 4.79 Å². The van der Waals surface area contributed by atoms with Gasteiger partial charge < -0.3 is 9.80 Å². The van der Waals surface area contributed by atoms with Crippen molar-refractivity contribution in [3.8, 4) is 0 Å². The maximum atomic E-state index is 12.7. The van der Waals surface area contributed by atoms with Gasteiger partial charge in [-0.15, -0.1) is 0 Å². The van der Waals surface area contributed by atoms with Crippen LogP contribution in [-0.4, -0.2) is 47.0 Å². The van der Waals surface area contributed by atoms with Gasteiger partial charge in [-0.1, -0.05) is 44.0 Å². The molecule has 0 atom stereocenters. The van der Waals surface area contributed by atoms with Crippen LogP contribution in [0.1, 0.15) is 37.0 Å². The standard InChI is InChI=1S/C19H22Cl2N4O/c1-19(2,3)18-22-5-4-16(23-18)24-6-8-25(9-7-24)17(26)13-10-14(20)12-15(21)11-13/h4-5,10-12H,6-9H2,1-3H3. The van der Waals surface area contributed by atoms with Crippen LogP contribution >= 0.6 is 23.2 Å². The third-order valence-electron chi connectivity index (χ3n) is 4.31. The molecule has 1 aliphatic heterocycles. The molecule has 0 bridgehead atoms. The molecular weight excluding hydrogens is 371 g/mol. The minimum Gasteiger partial charge on any atom is -0.353 e. The van der Waals surface area contributed by atoms with Crippen molar-refractivity contribution in [3.05, 3.63) is 51.9 Å². The number of halogens is 2. The molecule has 138 valence electrons. The largest absolute Gasteiger partial charge is 0.353 e. The lowest BCUT2D eigenvalue weighted by atomic mass is 9.96. The number of piperazine rings is 1. The van der Waals surface area contributed by atoms with Crippen LogP contribution in [0.5, 0.6) is 0 Å². The Labute approximate surface area is 163 Å². The molecule has 5 nitrogen and oxygen atoms in total. The predicted octanol–water partition coefficient (Wildman–Crippen LogP) is 4.04. The second-order valence-electron chi connectivity index (χ2n) is 7.43. The molecule has 7 heteroatoms. The monoisotopic (exact) mass is 392 g/mol. The highest BCUT2D eigenvalue weighted by atomic mass is 35.5. The van der Waals surface area contributed by atoms with E-state index in [0.29, 0.717) is 28.7 Å². The summed E-state index contributed by atoms with van der Waals surface area (Å²) < 4.78 is 0. The molecule has 2 aromatic rings. The van der Waals surface area contributed by atoms with Gasteiger partial charge in [0.2, 0.25) is 0 Å². The van der Waals surface area contributed by atoms with E-state index in [2.05, 4.69) is 30.7 Å². The van der Waals surface area contributed by atoms with E-state index in [-0.39, 0.29) is 11.3 Å². The molecule has 1 saturated heterocycles. The van der Waals surface area contributed by atoms with E-state index in [0.717, 1.165) is 24.7 Å². The van der Waals surface area contributed by atoms with Crippen LogP contribution in [0.4, 0.5) is 5.82 Å². The number of hydrogen-bond donors (Lipinski definition) is 0. The summed E-state index contributed by atoms with van der Waals surface area (Å²) in [4.78, 5) is 25.8. The van der Waals surface area contributed by atoms with Crippen molar-refractivity contribution < 1.29 is 4.79 Å². The Kier molecular flexibility index (Phi) is 5.39. The van der Waals surface area contributed by atoms with E-state index in [9.17, 15) is 4.79 Å². The van der Waals surface area contributed by atoms with Crippen LogP contribution in [0.25, 0.3) is 0 Å². The summed E-state index contributed by atoms with van der Waals surface area (Å²) in [5.74, 6) is 1.68. The summed E-state index contributed by atoms with van der Waals surface area (Å²) in [6.45, 7) is 8.98. The van der Waals surface area contributed by atoms with Crippen LogP contribution in [0.2, 0.25) is 10.0 Å². The molecule has 2 heterocycles. The number of nitrogens with zero attached hydrogens (tertiary/aromatic N) is 4. The third kappa shape index (κ3) is 4.27. The van der Waals surface area contributed by atoms with Crippen molar-refractivity contribution in [2.45, 2.75) is 26.2 Å². The zero-order chi connectivity index (χ0) is 18.9. The van der Waals surface area contributed by atoms with Gasteiger partial charge in [0.25, 0.3) is 5.91 Å². The lowest BCUT2D eigenvalue weighted by Gasteiger charge is -2.35. The van der Waals surface area contributed by atoms with Crippen LogP contribution < -0.4 is 4.90 Å². The van der Waals surface area contributed by atoms with Crippen LogP contribution in [0.3, 0.4) is 0 Å². The van der Waals surface area contributed by atoms with Crippen LogP contribution in [-0.2, 0) is 5.41 Å². The molecule has 0 unspecified atom stereocenters. The summed E-state index contributed by atoms with van der Waals surface area (Å²) in [5.41, 5.74) is 0.424. The molecule has 0 aliphatic carbocycles. The van der Waals surface area contributed by atoms with Crippen molar-refractivity contribution in [2.24, 2.45) is 0 Å². The number of hydrogen-bond acceptors (Lipinski definition) is 4. The lowest BCUT2D eigenvalue weighted by Crippen LogP contribution is -2.49. The summed E-state index contributed by atoms with van der Waals surface area (Å²) in [6, 6.07) is 6.85. The fraction of sp³-hybridized carbons (Fsp3) is 0.421. The summed E-state index contributed by atoms with van der Waals surface area (Å²) in [7, 11) is 0. The lowest BCUT2D eigenvalue weighted by molar-refractivity contribution is 0.0746. The molecule has 1 amide bonds. The van der Waals surface area contributed by atoms with Crippen molar-refractivity contribution in [1.29, 1.82) is 0 Å². The highest BCUT2D eigenvalue weighted by Gasteiger charge is 2.25. The van der Waals surface area contributed by atoms with Gasteiger partial charge >= 0.3 is 0 Å². The van der Waals surface area contributed by atoms with Gasteiger partial charge in [0, 0.05) is 53.4 Å². The van der Waals surface area contributed by atoms with E-state index in [1.807, 2.05) is 11.0 Å². The first kappa shape index (κ1) is 18.9. The zero-order valence-electron chi connectivity index (χ0n) is 15.2. The van der Waals surface area contributed by atoms with Crippen molar-refractivity contribution in [3.63, 3.8) is 0 Å². The smallest absolute Gasteiger partial charge is 0.254 e. The average Bonchev–Trinajstić information content (AvgIpc) is 2.60. The predicted molar refractivity (Wildman–Crippen MR) is 105 cm³/mol. The normalized spacial score (nSPS) is 15.3. The van der Waals surface area contributed by atoms with Gasteiger partial charge in [-0.2, -0.15) is 0 Å². The molecule has 3 rings (SSSR count). The Morgan fingerprint density at radius 2 is 1.65 bits per heavy atom. The maximum Gasteiger partial charge on any atom is 0.254 e. The number of anilines is 1. The second kappa shape index (κ2) is 7.41. The number of carbonyl (C=O) groups is 1. The highest BCUT2D eigenvalue weighted by Crippen LogP contribution is 2.23. The molecule has 1 aromatic carbocycles. The van der Waals surface area contributed by atoms with E-state index >= 15 is 0 Å². The van der Waals surface area contributed by atoms with Gasteiger partial charge in [0.05, 0.1) is 0 Å². The minimum atomic E-state index is -0.0976. The first-order chi connectivity index (χ1) is 12.2. The Morgan fingerprint density at radius 3 is 2.23 bits per heavy atom. The van der Waals surface area contributed by atoms with Gasteiger partial charge in [0.15, 0.2) is 0 Å². The zero-order valence-corrected chi connectivity index (χ0v) is 16.7. The van der Waals surface area contributed by atoms with E-state index in [4.69, 9.17) is 28.2 Å². The molecule has 0 spiro atoms. The van der Waals surface area contributed by atoms with Gasteiger partial charge in [0.1, 0.15) is 11.6 Å². The molecule has 1 aliphatic rings. The van der Waals surface area contributed by atoms with E-state index < -0.39 is 0 Å². The first-order valence-corrected chi connectivity index (χ1v) is 9.33. The number of rotatable bonds is 2. The van der Waals surface area contributed by atoms with E-state index in [1.54, 1.807) is 24.4 Å². The molecule has 1 fully saturated rings. The first-order valence-electron chi connectivity index (χ1n) is 8.58.